The number of urea groups is 1. The predicted molar refractivity (Wildman–Crippen MR) is 106 cm³/mol. The van der Waals surface area contributed by atoms with Gasteiger partial charge in [-0.3, -0.25) is 4.79 Å². The van der Waals surface area contributed by atoms with Crippen molar-refractivity contribution in [2.45, 2.75) is 18.9 Å². The summed E-state index contributed by atoms with van der Waals surface area (Å²) in [5, 5.41) is 0.642. The Morgan fingerprint density at radius 2 is 1.69 bits per heavy atom. The lowest BCUT2D eigenvalue weighted by Crippen LogP contribution is -2.46. The Bertz CT molecular complexity index is 919. The van der Waals surface area contributed by atoms with Gasteiger partial charge in [-0.15, -0.1) is 0 Å². The average Bonchev–Trinajstić information content (AvgIpc) is 2.75. The first-order chi connectivity index (χ1) is 12.3. The molecule has 0 aliphatic carbocycles. The number of amides is 3. The van der Waals surface area contributed by atoms with E-state index < -0.39 is 17.5 Å². The van der Waals surface area contributed by atoms with Gasteiger partial charge in [-0.2, -0.15) is 0 Å². The maximum Gasteiger partial charge on any atom is 0.344 e. The molecule has 0 spiro atoms. The molecule has 1 unspecified atom stereocenters. The van der Waals surface area contributed by atoms with Crippen molar-refractivity contribution in [1.82, 2.24) is 4.90 Å². The molecule has 3 amide bonds. The van der Waals surface area contributed by atoms with Crippen molar-refractivity contribution < 1.29 is 9.59 Å². The van der Waals surface area contributed by atoms with Gasteiger partial charge in [0.05, 0.1) is 5.69 Å². The summed E-state index contributed by atoms with van der Waals surface area (Å²) in [5.74, 6) is -0.429. The Morgan fingerprint density at radius 3 is 2.23 bits per heavy atom. The first-order valence-electron chi connectivity index (χ1n) is 7.62. The van der Waals surface area contributed by atoms with E-state index in [1.54, 1.807) is 6.92 Å². The van der Waals surface area contributed by atoms with Gasteiger partial charge in [0.25, 0.3) is 5.91 Å². The van der Waals surface area contributed by atoms with Crippen LogP contribution in [0.4, 0.5) is 10.5 Å². The number of terminal acetylenes is 1. The van der Waals surface area contributed by atoms with Crippen LogP contribution in [-0.2, 0) is 11.2 Å². The Labute approximate surface area is 169 Å². The lowest BCUT2D eigenvalue weighted by molar-refractivity contribution is -0.123. The molecule has 26 heavy (non-hydrogen) atoms. The van der Waals surface area contributed by atoms with Gasteiger partial charge >= 0.3 is 6.03 Å². The summed E-state index contributed by atoms with van der Waals surface area (Å²) in [4.78, 5) is 28.1. The number of carbonyl (C=O) groups excluding carboxylic acids is 2. The summed E-state index contributed by atoms with van der Waals surface area (Å²) in [6.07, 6.45) is 5.83. The van der Waals surface area contributed by atoms with E-state index in [4.69, 9.17) is 29.6 Å². The van der Waals surface area contributed by atoms with Crippen LogP contribution in [0.2, 0.25) is 10.0 Å². The van der Waals surface area contributed by atoms with Crippen LogP contribution in [0.3, 0.4) is 0 Å². The molecule has 1 atom stereocenters. The number of benzene rings is 2. The smallest absolute Gasteiger partial charge is 0.271 e. The standard InChI is InChI=1S/C19H13BrCl2N2O2/c1-3-23-18(26)24(16-9-14(21)8-15(22)10-16)17(25)19(23,2)11-12-4-6-13(20)7-5-12/h1,4-10H,11H2,2H3. The largest absolute Gasteiger partial charge is 0.344 e. The van der Waals surface area contributed by atoms with E-state index in [1.165, 1.54) is 18.2 Å². The Hall–Kier alpha value is -2.00. The third-order valence-electron chi connectivity index (χ3n) is 4.24. The molecule has 4 nitrogen and oxygen atoms in total. The van der Waals surface area contributed by atoms with E-state index in [2.05, 4.69) is 22.0 Å². The van der Waals surface area contributed by atoms with E-state index in [0.717, 1.165) is 19.8 Å². The van der Waals surface area contributed by atoms with Gasteiger partial charge < -0.3 is 0 Å². The minimum atomic E-state index is -1.21. The zero-order chi connectivity index (χ0) is 19.1. The maximum absolute atomic E-state index is 13.2. The molecule has 0 saturated carbocycles. The Morgan fingerprint density at radius 1 is 1.12 bits per heavy atom. The van der Waals surface area contributed by atoms with Crippen LogP contribution in [0.15, 0.2) is 46.9 Å². The number of nitrogens with zero attached hydrogens (tertiary/aromatic N) is 2. The molecule has 0 bridgehead atoms. The third-order valence-corrected chi connectivity index (χ3v) is 5.20. The lowest BCUT2D eigenvalue weighted by atomic mass is 9.91. The fraction of sp³-hybridized carbons (Fsp3) is 0.158. The molecule has 1 aliphatic rings. The highest BCUT2D eigenvalue weighted by molar-refractivity contribution is 9.10. The average molecular weight is 452 g/mol. The maximum atomic E-state index is 13.2. The van der Waals surface area contributed by atoms with Crippen molar-refractivity contribution >= 4 is 56.8 Å². The summed E-state index contributed by atoms with van der Waals surface area (Å²) in [5.41, 5.74) is -0.0468. The van der Waals surface area contributed by atoms with E-state index in [1.807, 2.05) is 24.3 Å². The van der Waals surface area contributed by atoms with Crippen molar-refractivity contribution in [3.8, 4) is 12.5 Å². The first kappa shape index (κ1) is 18.8. The number of rotatable bonds is 3. The molecule has 0 aromatic heterocycles. The van der Waals surface area contributed by atoms with E-state index in [-0.39, 0.29) is 12.1 Å². The highest BCUT2D eigenvalue weighted by atomic mass is 79.9. The van der Waals surface area contributed by atoms with Crippen LogP contribution in [0.5, 0.6) is 0 Å². The minimum absolute atomic E-state index is 0.278. The molecule has 7 heteroatoms. The number of hydrogen-bond acceptors (Lipinski definition) is 2. The fourth-order valence-electron chi connectivity index (χ4n) is 2.98. The topological polar surface area (TPSA) is 40.6 Å². The van der Waals surface area contributed by atoms with Crippen molar-refractivity contribution in [3.05, 3.63) is 62.5 Å². The second-order valence-corrected chi connectivity index (χ2v) is 7.88. The minimum Gasteiger partial charge on any atom is -0.271 e. The SMILES string of the molecule is C#CN1C(=O)N(c2cc(Cl)cc(Cl)c2)C(=O)C1(C)Cc1ccc(Br)cc1. The van der Waals surface area contributed by atoms with Crippen LogP contribution >= 0.6 is 39.1 Å². The zero-order valence-electron chi connectivity index (χ0n) is 13.7. The highest BCUT2D eigenvalue weighted by Gasteiger charge is 2.54. The molecule has 1 saturated heterocycles. The molecule has 0 radical (unpaired) electrons. The molecule has 2 aromatic carbocycles. The molecule has 1 heterocycles. The Kier molecular flexibility index (Phi) is 5.03. The van der Waals surface area contributed by atoms with Crippen molar-refractivity contribution in [2.75, 3.05) is 4.90 Å². The number of halogens is 3. The second kappa shape index (κ2) is 6.96. The molecule has 1 aliphatic heterocycles. The summed E-state index contributed by atoms with van der Waals surface area (Å²) < 4.78 is 0.921. The molecule has 1 fully saturated rings. The first-order valence-corrected chi connectivity index (χ1v) is 9.16. The van der Waals surface area contributed by atoms with Gasteiger partial charge in [-0.1, -0.05) is 57.7 Å². The van der Waals surface area contributed by atoms with Gasteiger partial charge in [-0.25, -0.2) is 14.6 Å². The zero-order valence-corrected chi connectivity index (χ0v) is 16.8. The third kappa shape index (κ3) is 3.21. The second-order valence-electron chi connectivity index (χ2n) is 6.09. The van der Waals surface area contributed by atoms with Gasteiger partial charge in [0.2, 0.25) is 0 Å². The monoisotopic (exact) mass is 450 g/mol. The Balaban J connectivity index is 2.03. The van der Waals surface area contributed by atoms with Crippen LogP contribution in [-0.4, -0.2) is 22.4 Å². The summed E-state index contributed by atoms with van der Waals surface area (Å²) in [6, 6.07) is 13.8. The van der Waals surface area contributed by atoms with Crippen LogP contribution < -0.4 is 4.90 Å². The number of imide groups is 1. The summed E-state index contributed by atoms with van der Waals surface area (Å²) >= 11 is 15.4. The van der Waals surface area contributed by atoms with Crippen LogP contribution in [0.1, 0.15) is 12.5 Å². The lowest BCUT2D eigenvalue weighted by Gasteiger charge is -2.27. The van der Waals surface area contributed by atoms with Gasteiger partial charge in [0, 0.05) is 27.0 Å². The highest BCUT2D eigenvalue weighted by Crippen LogP contribution is 2.36. The summed E-state index contributed by atoms with van der Waals surface area (Å²) in [6.45, 7) is 1.65. The number of anilines is 1. The van der Waals surface area contributed by atoms with E-state index in [0.29, 0.717) is 10.0 Å². The number of hydrogen-bond donors (Lipinski definition) is 0. The normalized spacial score (nSPS) is 19.8. The van der Waals surface area contributed by atoms with Gasteiger partial charge in [0.1, 0.15) is 5.54 Å². The van der Waals surface area contributed by atoms with Gasteiger partial charge in [0.15, 0.2) is 0 Å². The molecule has 3 rings (SSSR count). The molecular weight excluding hydrogens is 439 g/mol. The van der Waals surface area contributed by atoms with E-state index >= 15 is 0 Å². The predicted octanol–water partition coefficient (Wildman–Crippen LogP) is 5.12. The van der Waals surface area contributed by atoms with E-state index in [9.17, 15) is 9.59 Å². The van der Waals surface area contributed by atoms with Crippen LogP contribution in [0, 0.1) is 12.5 Å². The quantitative estimate of drug-likeness (QED) is 0.480. The fourth-order valence-corrected chi connectivity index (χ4v) is 3.76. The summed E-state index contributed by atoms with van der Waals surface area (Å²) in [7, 11) is 0. The molecule has 132 valence electrons. The van der Waals surface area contributed by atoms with Crippen molar-refractivity contribution in [1.29, 1.82) is 0 Å². The molecule has 0 N–H and O–H groups in total. The molecule has 2 aromatic rings. The van der Waals surface area contributed by atoms with Crippen molar-refractivity contribution in [2.24, 2.45) is 0 Å². The van der Waals surface area contributed by atoms with Crippen molar-refractivity contribution in [3.63, 3.8) is 0 Å². The number of carbonyl (C=O) groups is 2. The molecular formula is C19H13BrCl2N2O2. The van der Waals surface area contributed by atoms with Gasteiger partial charge in [-0.05, 0) is 42.8 Å². The van der Waals surface area contributed by atoms with Crippen LogP contribution in [0.25, 0.3) is 0 Å².